The molecule has 1 amide bonds. The second kappa shape index (κ2) is 7.32. The molecule has 2 aromatic rings. The summed E-state index contributed by atoms with van der Waals surface area (Å²) in [7, 11) is 4.85. The number of nitriles is 1. The monoisotopic (exact) mass is 310 g/mol. The molecule has 5 heteroatoms. The van der Waals surface area contributed by atoms with Gasteiger partial charge < -0.3 is 14.4 Å². The number of amides is 1. The minimum Gasteiger partial charge on any atom is -0.493 e. The average Bonchev–Trinajstić information content (AvgIpc) is 2.59. The van der Waals surface area contributed by atoms with Gasteiger partial charge in [-0.2, -0.15) is 5.26 Å². The van der Waals surface area contributed by atoms with Crippen molar-refractivity contribution in [3.63, 3.8) is 0 Å². The Morgan fingerprint density at radius 3 is 2.39 bits per heavy atom. The molecule has 0 aromatic heterocycles. The Balaban J connectivity index is 2.39. The van der Waals surface area contributed by atoms with E-state index in [2.05, 4.69) is 0 Å². The van der Waals surface area contributed by atoms with Gasteiger partial charge in [-0.25, -0.2) is 0 Å². The van der Waals surface area contributed by atoms with Crippen molar-refractivity contribution in [2.45, 2.75) is 6.10 Å². The van der Waals surface area contributed by atoms with Crippen molar-refractivity contribution >= 4 is 5.91 Å². The van der Waals surface area contributed by atoms with E-state index in [1.165, 1.54) is 12.0 Å². The number of methoxy groups -OCH3 is 1. The van der Waals surface area contributed by atoms with Crippen LogP contribution >= 0.6 is 0 Å². The molecule has 0 aliphatic heterocycles. The number of carbonyl (C=O) groups is 1. The van der Waals surface area contributed by atoms with Crippen LogP contribution in [-0.4, -0.2) is 32.0 Å². The lowest BCUT2D eigenvalue weighted by Crippen LogP contribution is -2.31. The summed E-state index contributed by atoms with van der Waals surface area (Å²) in [5, 5.41) is 8.96. The smallest absolute Gasteiger partial charge is 0.267 e. The van der Waals surface area contributed by atoms with Gasteiger partial charge in [0.25, 0.3) is 5.91 Å². The molecule has 0 saturated heterocycles. The van der Waals surface area contributed by atoms with Gasteiger partial charge in [-0.05, 0) is 12.1 Å². The van der Waals surface area contributed by atoms with Crippen molar-refractivity contribution in [2.24, 2.45) is 0 Å². The summed E-state index contributed by atoms with van der Waals surface area (Å²) in [4.78, 5) is 14.0. The van der Waals surface area contributed by atoms with E-state index in [1.807, 2.05) is 36.4 Å². The van der Waals surface area contributed by atoms with Gasteiger partial charge in [-0.1, -0.05) is 30.3 Å². The van der Waals surface area contributed by atoms with Crippen LogP contribution in [-0.2, 0) is 4.79 Å². The molecule has 0 bridgehead atoms. The van der Waals surface area contributed by atoms with Crippen molar-refractivity contribution in [1.82, 2.24) is 4.90 Å². The molecule has 5 nitrogen and oxygen atoms in total. The molecule has 0 aliphatic rings. The van der Waals surface area contributed by atoms with Crippen LogP contribution in [0.5, 0.6) is 11.5 Å². The third-order valence-corrected chi connectivity index (χ3v) is 3.30. The largest absolute Gasteiger partial charge is 0.493 e. The molecule has 23 heavy (non-hydrogen) atoms. The maximum absolute atomic E-state index is 12.5. The molecule has 1 unspecified atom stereocenters. The van der Waals surface area contributed by atoms with Crippen LogP contribution in [0.25, 0.3) is 0 Å². The standard InChI is InChI=1S/C18H18N2O3/c1-20(2)18(21)17(14-7-5-4-6-8-14)23-15-10-9-13(12-19)11-16(15)22-3/h4-11,17H,1-3H3. The predicted molar refractivity (Wildman–Crippen MR) is 86.2 cm³/mol. The lowest BCUT2D eigenvalue weighted by Gasteiger charge is -2.23. The summed E-state index contributed by atoms with van der Waals surface area (Å²) in [6, 6.07) is 16.1. The molecule has 0 aliphatic carbocycles. The molecule has 0 radical (unpaired) electrons. The SMILES string of the molecule is COc1cc(C#N)ccc1OC(C(=O)N(C)C)c1ccccc1. The number of likely N-dealkylation sites (N-methyl/N-ethyl adjacent to an activating group) is 1. The van der Waals surface area contributed by atoms with Gasteiger partial charge >= 0.3 is 0 Å². The first-order chi connectivity index (χ1) is 11.1. The van der Waals surface area contributed by atoms with Gasteiger partial charge in [-0.3, -0.25) is 4.79 Å². The van der Waals surface area contributed by atoms with Crippen LogP contribution in [0.15, 0.2) is 48.5 Å². The fourth-order valence-electron chi connectivity index (χ4n) is 2.08. The zero-order valence-corrected chi connectivity index (χ0v) is 13.3. The summed E-state index contributed by atoms with van der Waals surface area (Å²) in [5.41, 5.74) is 1.21. The van der Waals surface area contributed by atoms with Crippen molar-refractivity contribution in [3.05, 3.63) is 59.7 Å². The van der Waals surface area contributed by atoms with Gasteiger partial charge in [0.2, 0.25) is 6.10 Å². The Morgan fingerprint density at radius 1 is 1.13 bits per heavy atom. The second-order valence-corrected chi connectivity index (χ2v) is 5.12. The quantitative estimate of drug-likeness (QED) is 0.852. The van der Waals surface area contributed by atoms with Gasteiger partial charge in [0, 0.05) is 25.7 Å². The highest BCUT2D eigenvalue weighted by atomic mass is 16.5. The van der Waals surface area contributed by atoms with E-state index in [-0.39, 0.29) is 5.91 Å². The molecular formula is C18H18N2O3. The molecular weight excluding hydrogens is 292 g/mol. The normalized spacial score (nSPS) is 11.2. The maximum atomic E-state index is 12.5. The zero-order chi connectivity index (χ0) is 16.8. The molecule has 0 spiro atoms. The number of carbonyl (C=O) groups excluding carboxylic acids is 1. The third kappa shape index (κ3) is 3.80. The van der Waals surface area contributed by atoms with Gasteiger partial charge in [-0.15, -0.1) is 0 Å². The molecule has 0 saturated carbocycles. The topological polar surface area (TPSA) is 62.6 Å². The molecule has 2 rings (SSSR count). The Kier molecular flexibility index (Phi) is 5.21. The first kappa shape index (κ1) is 16.4. The van der Waals surface area contributed by atoms with E-state index in [1.54, 1.807) is 32.3 Å². The number of hydrogen-bond donors (Lipinski definition) is 0. The Labute approximate surface area is 135 Å². The summed E-state index contributed by atoms with van der Waals surface area (Å²) in [5.74, 6) is 0.648. The molecule has 1 atom stereocenters. The highest BCUT2D eigenvalue weighted by molar-refractivity contribution is 5.82. The van der Waals surface area contributed by atoms with E-state index in [9.17, 15) is 4.79 Å². The lowest BCUT2D eigenvalue weighted by atomic mass is 10.1. The minimum atomic E-state index is -0.784. The van der Waals surface area contributed by atoms with E-state index in [0.29, 0.717) is 17.1 Å². The third-order valence-electron chi connectivity index (χ3n) is 3.30. The summed E-state index contributed by atoms with van der Waals surface area (Å²) in [6.07, 6.45) is -0.784. The predicted octanol–water partition coefficient (Wildman–Crippen LogP) is 2.78. The van der Waals surface area contributed by atoms with Crippen LogP contribution in [0.3, 0.4) is 0 Å². The summed E-state index contributed by atoms with van der Waals surface area (Å²) >= 11 is 0. The number of ether oxygens (including phenoxy) is 2. The fraction of sp³-hybridized carbons (Fsp3) is 0.222. The van der Waals surface area contributed by atoms with Crippen LogP contribution in [0, 0.1) is 11.3 Å². The average molecular weight is 310 g/mol. The van der Waals surface area contributed by atoms with Crippen LogP contribution in [0.4, 0.5) is 0 Å². The van der Waals surface area contributed by atoms with Crippen LogP contribution < -0.4 is 9.47 Å². The number of rotatable bonds is 5. The molecule has 118 valence electrons. The van der Waals surface area contributed by atoms with Crippen LogP contribution in [0.2, 0.25) is 0 Å². The van der Waals surface area contributed by atoms with Gasteiger partial charge in [0.15, 0.2) is 11.5 Å². The minimum absolute atomic E-state index is 0.178. The Bertz CT molecular complexity index is 721. The summed E-state index contributed by atoms with van der Waals surface area (Å²) < 4.78 is 11.2. The van der Waals surface area contributed by atoms with E-state index in [4.69, 9.17) is 14.7 Å². The van der Waals surface area contributed by atoms with E-state index >= 15 is 0 Å². The first-order valence-corrected chi connectivity index (χ1v) is 7.07. The molecule has 0 N–H and O–H groups in total. The summed E-state index contributed by atoms with van der Waals surface area (Å²) in [6.45, 7) is 0. The number of benzene rings is 2. The van der Waals surface area contributed by atoms with Gasteiger partial charge in [0.1, 0.15) is 0 Å². The first-order valence-electron chi connectivity index (χ1n) is 7.07. The maximum Gasteiger partial charge on any atom is 0.267 e. The Morgan fingerprint density at radius 2 is 1.83 bits per heavy atom. The van der Waals surface area contributed by atoms with Crippen molar-refractivity contribution in [1.29, 1.82) is 5.26 Å². The highest BCUT2D eigenvalue weighted by Crippen LogP contribution is 2.32. The second-order valence-electron chi connectivity index (χ2n) is 5.12. The molecule has 0 heterocycles. The van der Waals surface area contributed by atoms with Crippen molar-refractivity contribution < 1.29 is 14.3 Å². The van der Waals surface area contributed by atoms with Gasteiger partial charge in [0.05, 0.1) is 18.7 Å². The highest BCUT2D eigenvalue weighted by Gasteiger charge is 2.25. The lowest BCUT2D eigenvalue weighted by molar-refractivity contribution is -0.136. The van der Waals surface area contributed by atoms with Crippen molar-refractivity contribution in [2.75, 3.05) is 21.2 Å². The van der Waals surface area contributed by atoms with Crippen LogP contribution in [0.1, 0.15) is 17.2 Å². The zero-order valence-electron chi connectivity index (χ0n) is 13.3. The molecule has 0 fully saturated rings. The number of nitrogens with zero attached hydrogens (tertiary/aromatic N) is 2. The molecule has 2 aromatic carbocycles. The Hall–Kier alpha value is -3.00. The van der Waals surface area contributed by atoms with Crippen molar-refractivity contribution in [3.8, 4) is 17.6 Å². The van der Waals surface area contributed by atoms with E-state index in [0.717, 1.165) is 5.56 Å². The van der Waals surface area contributed by atoms with E-state index < -0.39 is 6.10 Å². The number of hydrogen-bond acceptors (Lipinski definition) is 4. The fourth-order valence-corrected chi connectivity index (χ4v) is 2.08.